The molecule has 47 heavy (non-hydrogen) atoms. The predicted octanol–water partition coefficient (Wildman–Crippen LogP) is 7.64. The number of nitrogens with zero attached hydrogens (tertiary/aromatic N) is 1. The van der Waals surface area contributed by atoms with Crippen LogP contribution in [0.5, 0.6) is 0 Å². The number of ketones is 1. The van der Waals surface area contributed by atoms with Gasteiger partial charge >= 0.3 is 6.03 Å². The van der Waals surface area contributed by atoms with Crippen molar-refractivity contribution in [1.29, 1.82) is 0 Å². The molecule has 3 saturated carbocycles. The van der Waals surface area contributed by atoms with E-state index in [1.54, 1.807) is 0 Å². The summed E-state index contributed by atoms with van der Waals surface area (Å²) in [6.45, 7) is 9.55. The monoisotopic (exact) mass is 636 g/mol. The Hall–Kier alpha value is -3.22. The van der Waals surface area contributed by atoms with E-state index in [1.165, 1.54) is 0 Å². The van der Waals surface area contributed by atoms with Crippen molar-refractivity contribution >= 4 is 11.8 Å². The van der Waals surface area contributed by atoms with Crippen molar-refractivity contribution in [2.45, 2.75) is 96.8 Å². The van der Waals surface area contributed by atoms with E-state index < -0.39 is 16.4 Å². The van der Waals surface area contributed by atoms with Gasteiger partial charge in [-0.05, 0) is 81.1 Å². The summed E-state index contributed by atoms with van der Waals surface area (Å²) in [7, 11) is 0. The quantitative estimate of drug-likeness (QED) is 0.205. The molecule has 6 heteroatoms. The van der Waals surface area contributed by atoms with Crippen LogP contribution >= 0.6 is 0 Å². The molecule has 6 nitrogen and oxygen atoms in total. The van der Waals surface area contributed by atoms with Crippen LogP contribution < -0.4 is 5.32 Å². The first-order valence-corrected chi connectivity index (χ1v) is 18.0. The van der Waals surface area contributed by atoms with Gasteiger partial charge in [0.05, 0.1) is 24.3 Å². The maximum absolute atomic E-state index is 14.6. The fourth-order valence-corrected chi connectivity index (χ4v) is 11.3. The number of aliphatic hydroxyl groups is 2. The molecule has 6 aliphatic carbocycles. The molecule has 2 bridgehead atoms. The van der Waals surface area contributed by atoms with Crippen LogP contribution in [0.1, 0.15) is 101 Å². The third kappa shape index (κ3) is 4.64. The SMILES string of the molecule is CCCN(CC1(O)CCC2C34C=CC5(C=C3C(=O)c3ccccc3)CC(O)CCC5(C)C4CCC21C)C(=O)NC(C)c1ccccc1. The van der Waals surface area contributed by atoms with Crippen LogP contribution in [0.25, 0.3) is 0 Å². The Labute approximate surface area is 280 Å². The highest BCUT2D eigenvalue weighted by Gasteiger charge is 2.74. The van der Waals surface area contributed by atoms with Crippen LogP contribution in [0.4, 0.5) is 4.79 Å². The Bertz CT molecular complexity index is 1590. The second kappa shape index (κ2) is 11.4. The van der Waals surface area contributed by atoms with Gasteiger partial charge in [0.25, 0.3) is 0 Å². The Morgan fingerprint density at radius 1 is 0.915 bits per heavy atom. The molecule has 2 aromatic carbocycles. The van der Waals surface area contributed by atoms with Crippen LogP contribution in [0, 0.1) is 33.5 Å². The lowest BCUT2D eigenvalue weighted by atomic mass is 9.32. The van der Waals surface area contributed by atoms with E-state index in [2.05, 4.69) is 44.3 Å². The van der Waals surface area contributed by atoms with E-state index in [4.69, 9.17) is 0 Å². The molecule has 8 rings (SSSR count). The molecule has 6 aliphatic rings. The number of fused-ring (bicyclic) bond motifs is 1. The van der Waals surface area contributed by atoms with Gasteiger partial charge in [-0.2, -0.15) is 0 Å². The minimum atomic E-state index is -1.09. The van der Waals surface area contributed by atoms with Gasteiger partial charge in [0.2, 0.25) is 0 Å². The molecular formula is C41H52N2O4. The van der Waals surface area contributed by atoms with Crippen molar-refractivity contribution in [1.82, 2.24) is 10.2 Å². The molecule has 0 aromatic heterocycles. The van der Waals surface area contributed by atoms with Crippen molar-refractivity contribution in [2.24, 2.45) is 33.5 Å². The Balaban J connectivity index is 1.25. The molecule has 0 radical (unpaired) electrons. The van der Waals surface area contributed by atoms with Gasteiger partial charge in [0.15, 0.2) is 5.78 Å². The standard InChI is InChI=1S/C41H52N2O4/c1-5-24-43(36(46)42-28(2)29-12-8-6-9-13-29)27-40(47)21-18-34-38(40,4)20-17-33-37(3)19-16-31(44)25-39(37)22-23-41(33,34)32(26-39)35(45)30-14-10-7-11-15-30/h6-15,22-23,26,28,31,33-34,44,47H,5,16-21,24-25,27H2,1-4H3,(H,42,46). The zero-order valence-corrected chi connectivity index (χ0v) is 28.5. The zero-order chi connectivity index (χ0) is 33.2. The maximum atomic E-state index is 14.6. The molecule has 3 fully saturated rings. The van der Waals surface area contributed by atoms with Gasteiger partial charge in [0.1, 0.15) is 0 Å². The molecular weight excluding hydrogens is 584 g/mol. The van der Waals surface area contributed by atoms with Crippen LogP contribution in [0.15, 0.2) is 84.5 Å². The number of amides is 2. The van der Waals surface area contributed by atoms with Gasteiger partial charge in [0, 0.05) is 33.9 Å². The van der Waals surface area contributed by atoms with Crippen LogP contribution in [0.3, 0.4) is 0 Å². The summed E-state index contributed by atoms with van der Waals surface area (Å²) in [5.41, 5.74) is 0.0701. The Kier molecular flexibility index (Phi) is 7.87. The number of hydrogen-bond acceptors (Lipinski definition) is 4. The number of Topliss-reactive ketones (excluding diaryl/α,β-unsaturated/α-hetero) is 1. The van der Waals surface area contributed by atoms with Gasteiger partial charge in [-0.25, -0.2) is 4.79 Å². The van der Waals surface area contributed by atoms with E-state index in [1.807, 2.05) is 72.5 Å². The lowest BCUT2D eigenvalue weighted by Crippen LogP contribution is -2.67. The third-order valence-corrected chi connectivity index (χ3v) is 13.9. The Morgan fingerprint density at radius 3 is 2.26 bits per heavy atom. The summed E-state index contributed by atoms with van der Waals surface area (Å²) in [5, 5.41) is 27.0. The maximum Gasteiger partial charge on any atom is 0.317 e. The number of carbonyl (C=O) groups is 2. The molecule has 2 spiro atoms. The highest BCUT2D eigenvalue weighted by atomic mass is 16.3. The molecule has 3 N–H and O–H groups in total. The summed E-state index contributed by atoms with van der Waals surface area (Å²) in [4.78, 5) is 30.3. The average molecular weight is 637 g/mol. The number of carbonyl (C=O) groups excluding carboxylic acids is 2. The number of aliphatic hydroxyl groups excluding tert-OH is 1. The van der Waals surface area contributed by atoms with Gasteiger partial charge in [-0.3, -0.25) is 4.79 Å². The van der Waals surface area contributed by atoms with Crippen molar-refractivity contribution in [2.75, 3.05) is 13.1 Å². The number of hydrogen-bond donors (Lipinski definition) is 3. The predicted molar refractivity (Wildman–Crippen MR) is 185 cm³/mol. The summed E-state index contributed by atoms with van der Waals surface area (Å²) in [6.07, 6.45) is 12.9. The summed E-state index contributed by atoms with van der Waals surface area (Å²) >= 11 is 0. The minimum Gasteiger partial charge on any atom is -0.393 e. The number of nitrogens with one attached hydrogen (secondary N) is 1. The van der Waals surface area contributed by atoms with Gasteiger partial charge in [-0.15, -0.1) is 0 Å². The highest BCUT2D eigenvalue weighted by molar-refractivity contribution is 6.10. The van der Waals surface area contributed by atoms with Crippen molar-refractivity contribution in [3.8, 4) is 0 Å². The summed E-state index contributed by atoms with van der Waals surface area (Å²) < 4.78 is 0. The zero-order valence-electron chi connectivity index (χ0n) is 28.5. The molecule has 2 aromatic rings. The minimum absolute atomic E-state index is 0.0469. The Morgan fingerprint density at radius 2 is 1.55 bits per heavy atom. The molecule has 9 unspecified atom stereocenters. The first-order valence-electron chi connectivity index (χ1n) is 18.0. The number of rotatable bonds is 8. The normalized spacial score (nSPS) is 38.9. The summed E-state index contributed by atoms with van der Waals surface area (Å²) in [5.74, 6) is 0.357. The lowest BCUT2D eigenvalue weighted by Gasteiger charge is -2.71. The molecule has 2 amide bonds. The molecule has 0 heterocycles. The average Bonchev–Trinajstić information content (AvgIpc) is 3.34. The number of benzene rings is 2. The van der Waals surface area contributed by atoms with Crippen LogP contribution in [0.2, 0.25) is 0 Å². The first-order chi connectivity index (χ1) is 22.4. The lowest BCUT2D eigenvalue weighted by molar-refractivity contribution is -0.174. The topological polar surface area (TPSA) is 89.9 Å². The molecule has 0 saturated heterocycles. The van der Waals surface area contributed by atoms with Gasteiger partial charge < -0.3 is 20.4 Å². The second-order valence-corrected chi connectivity index (χ2v) is 16.0. The third-order valence-electron chi connectivity index (χ3n) is 13.9. The van der Waals surface area contributed by atoms with Crippen LogP contribution in [-0.4, -0.2) is 51.7 Å². The molecule has 250 valence electrons. The molecule has 0 aliphatic heterocycles. The van der Waals surface area contributed by atoms with E-state index in [0.29, 0.717) is 24.9 Å². The molecule has 9 atom stereocenters. The fraction of sp³-hybridized carbons (Fsp3) is 0.561. The van der Waals surface area contributed by atoms with Gasteiger partial charge in [-0.1, -0.05) is 99.7 Å². The van der Waals surface area contributed by atoms with E-state index in [-0.39, 0.29) is 53.2 Å². The fourth-order valence-electron chi connectivity index (χ4n) is 11.3. The smallest absolute Gasteiger partial charge is 0.317 e. The van der Waals surface area contributed by atoms with E-state index in [0.717, 1.165) is 49.7 Å². The van der Waals surface area contributed by atoms with E-state index >= 15 is 0 Å². The second-order valence-electron chi connectivity index (χ2n) is 16.0. The van der Waals surface area contributed by atoms with Crippen molar-refractivity contribution < 1.29 is 19.8 Å². The number of urea groups is 1. The largest absolute Gasteiger partial charge is 0.393 e. The first kappa shape index (κ1) is 32.3. The van der Waals surface area contributed by atoms with Crippen molar-refractivity contribution in [3.63, 3.8) is 0 Å². The van der Waals surface area contributed by atoms with Crippen LogP contribution in [-0.2, 0) is 0 Å². The van der Waals surface area contributed by atoms with Crippen molar-refractivity contribution in [3.05, 3.63) is 95.6 Å². The van der Waals surface area contributed by atoms with E-state index in [9.17, 15) is 19.8 Å². The number of allylic oxidation sites excluding steroid dienone is 4. The highest BCUT2D eigenvalue weighted by Crippen LogP contribution is 2.78. The summed E-state index contributed by atoms with van der Waals surface area (Å²) in [6, 6.07) is 19.3.